The van der Waals surface area contributed by atoms with E-state index in [2.05, 4.69) is 5.32 Å². The summed E-state index contributed by atoms with van der Waals surface area (Å²) in [6.07, 6.45) is -2.82. The van der Waals surface area contributed by atoms with Crippen molar-refractivity contribution in [3.63, 3.8) is 0 Å². The first-order valence-electron chi connectivity index (χ1n) is 7.44. The van der Waals surface area contributed by atoms with Crippen LogP contribution in [-0.2, 0) is 22.2 Å². The zero-order valence-electron chi connectivity index (χ0n) is 12.4. The van der Waals surface area contributed by atoms with Crippen molar-refractivity contribution in [3.05, 3.63) is 35.4 Å². The predicted octanol–water partition coefficient (Wildman–Crippen LogP) is 3.01. The summed E-state index contributed by atoms with van der Waals surface area (Å²) in [6.45, 7) is 0. The minimum Gasteiger partial charge on any atom is -0.481 e. The topological polar surface area (TPSA) is 66.4 Å². The third-order valence-corrected chi connectivity index (χ3v) is 4.12. The van der Waals surface area contributed by atoms with Gasteiger partial charge >= 0.3 is 12.1 Å². The molecule has 1 aromatic rings. The van der Waals surface area contributed by atoms with Crippen LogP contribution < -0.4 is 5.32 Å². The molecular weight excluding hydrogens is 311 g/mol. The van der Waals surface area contributed by atoms with Crippen LogP contribution >= 0.6 is 0 Å². The van der Waals surface area contributed by atoms with E-state index in [1.807, 2.05) is 0 Å². The molecule has 1 amide bonds. The largest absolute Gasteiger partial charge is 0.481 e. The molecule has 0 heterocycles. The smallest absolute Gasteiger partial charge is 0.416 e. The summed E-state index contributed by atoms with van der Waals surface area (Å²) in [4.78, 5) is 22.8. The maximum Gasteiger partial charge on any atom is 0.416 e. The highest BCUT2D eigenvalue weighted by Gasteiger charge is 2.33. The van der Waals surface area contributed by atoms with Crippen molar-refractivity contribution < 1.29 is 27.9 Å². The summed E-state index contributed by atoms with van der Waals surface area (Å²) < 4.78 is 38.7. The summed E-state index contributed by atoms with van der Waals surface area (Å²) in [5.74, 6) is -1.71. The Kier molecular flexibility index (Phi) is 5.28. The van der Waals surface area contributed by atoms with Crippen LogP contribution in [0.15, 0.2) is 24.3 Å². The van der Waals surface area contributed by atoms with Crippen molar-refractivity contribution in [3.8, 4) is 0 Å². The highest BCUT2D eigenvalue weighted by Crippen LogP contribution is 2.32. The minimum absolute atomic E-state index is 0.0586. The fraction of sp³-hybridized carbons (Fsp3) is 0.500. The SMILES string of the molecule is O=C(Cc1ccccc1C(F)(F)F)NC1CCC(C(=O)O)CC1. The first kappa shape index (κ1) is 17.3. The van der Waals surface area contributed by atoms with Crippen LogP contribution in [0.1, 0.15) is 36.8 Å². The van der Waals surface area contributed by atoms with Crippen molar-refractivity contribution in [1.29, 1.82) is 0 Å². The van der Waals surface area contributed by atoms with Gasteiger partial charge in [-0.05, 0) is 37.3 Å². The highest BCUT2D eigenvalue weighted by molar-refractivity contribution is 5.79. The van der Waals surface area contributed by atoms with E-state index in [1.165, 1.54) is 18.2 Å². The zero-order chi connectivity index (χ0) is 17.0. The number of aliphatic carboxylic acids is 1. The Balaban J connectivity index is 1.93. The molecule has 1 aromatic carbocycles. The van der Waals surface area contributed by atoms with E-state index in [1.54, 1.807) is 0 Å². The molecule has 4 nitrogen and oxygen atoms in total. The molecule has 0 saturated heterocycles. The fourth-order valence-corrected chi connectivity index (χ4v) is 2.89. The van der Waals surface area contributed by atoms with Crippen molar-refractivity contribution in [2.75, 3.05) is 0 Å². The molecule has 1 aliphatic rings. The number of amides is 1. The van der Waals surface area contributed by atoms with Gasteiger partial charge in [-0.25, -0.2) is 0 Å². The number of carboxylic acid groups (broad SMARTS) is 1. The van der Waals surface area contributed by atoms with Crippen LogP contribution in [-0.4, -0.2) is 23.0 Å². The monoisotopic (exact) mass is 329 g/mol. The van der Waals surface area contributed by atoms with E-state index in [-0.39, 0.29) is 18.0 Å². The quantitative estimate of drug-likeness (QED) is 0.892. The molecule has 23 heavy (non-hydrogen) atoms. The van der Waals surface area contributed by atoms with E-state index < -0.39 is 29.5 Å². The van der Waals surface area contributed by atoms with Crippen molar-refractivity contribution in [2.45, 2.75) is 44.3 Å². The molecule has 0 aliphatic heterocycles. The lowest BCUT2D eigenvalue weighted by molar-refractivity contribution is -0.143. The maximum absolute atomic E-state index is 12.9. The molecule has 0 radical (unpaired) electrons. The van der Waals surface area contributed by atoms with Gasteiger partial charge in [0.2, 0.25) is 5.91 Å². The van der Waals surface area contributed by atoms with Crippen LogP contribution in [0.4, 0.5) is 13.2 Å². The summed E-state index contributed by atoms with van der Waals surface area (Å²) in [5.41, 5.74) is -0.860. The predicted molar refractivity (Wildman–Crippen MR) is 76.7 cm³/mol. The number of halogens is 3. The van der Waals surface area contributed by atoms with Crippen molar-refractivity contribution >= 4 is 11.9 Å². The number of rotatable bonds is 4. The van der Waals surface area contributed by atoms with Gasteiger partial charge in [-0.2, -0.15) is 13.2 Å². The van der Waals surface area contributed by atoms with Crippen LogP contribution in [0.5, 0.6) is 0 Å². The van der Waals surface area contributed by atoms with Crippen molar-refractivity contribution in [1.82, 2.24) is 5.32 Å². The number of hydrogen-bond donors (Lipinski definition) is 2. The molecule has 0 atom stereocenters. The molecule has 1 saturated carbocycles. The van der Waals surface area contributed by atoms with Crippen LogP contribution in [0, 0.1) is 5.92 Å². The number of carbonyl (C=O) groups excluding carboxylic acids is 1. The molecule has 1 fully saturated rings. The molecule has 0 unspecified atom stereocenters. The number of carboxylic acids is 1. The Bertz CT molecular complexity index is 578. The molecule has 0 bridgehead atoms. The van der Waals surface area contributed by atoms with Gasteiger partial charge in [0.05, 0.1) is 17.9 Å². The Morgan fingerprint density at radius 1 is 1.13 bits per heavy atom. The Morgan fingerprint density at radius 2 is 1.74 bits per heavy atom. The lowest BCUT2D eigenvalue weighted by atomic mass is 9.86. The lowest BCUT2D eigenvalue weighted by Gasteiger charge is -2.27. The second-order valence-corrected chi connectivity index (χ2v) is 5.79. The molecule has 7 heteroatoms. The van der Waals surface area contributed by atoms with E-state index >= 15 is 0 Å². The molecule has 126 valence electrons. The number of carbonyl (C=O) groups is 2. The van der Waals surface area contributed by atoms with Gasteiger partial charge < -0.3 is 10.4 Å². The second kappa shape index (κ2) is 7.02. The number of hydrogen-bond acceptors (Lipinski definition) is 2. The van der Waals surface area contributed by atoms with Crippen LogP contribution in [0.25, 0.3) is 0 Å². The highest BCUT2D eigenvalue weighted by atomic mass is 19.4. The Labute approximate surface area is 131 Å². The molecule has 2 rings (SSSR count). The van der Waals surface area contributed by atoms with E-state index in [4.69, 9.17) is 5.11 Å². The number of nitrogens with one attached hydrogen (secondary N) is 1. The molecule has 0 spiro atoms. The normalized spacial score (nSPS) is 21.7. The molecule has 2 N–H and O–H groups in total. The summed E-state index contributed by atoms with van der Waals surface area (Å²) in [6, 6.07) is 4.84. The number of alkyl halides is 3. The molecule has 0 aromatic heterocycles. The fourth-order valence-electron chi connectivity index (χ4n) is 2.89. The summed E-state index contributed by atoms with van der Waals surface area (Å²) >= 11 is 0. The summed E-state index contributed by atoms with van der Waals surface area (Å²) in [7, 11) is 0. The third-order valence-electron chi connectivity index (χ3n) is 4.12. The first-order chi connectivity index (χ1) is 10.8. The van der Waals surface area contributed by atoms with Gasteiger partial charge in [0.15, 0.2) is 0 Å². The van der Waals surface area contributed by atoms with Crippen molar-refractivity contribution in [2.24, 2.45) is 5.92 Å². The van der Waals surface area contributed by atoms with Gasteiger partial charge in [0.1, 0.15) is 0 Å². The van der Waals surface area contributed by atoms with E-state index in [0.717, 1.165) is 6.07 Å². The summed E-state index contributed by atoms with van der Waals surface area (Å²) in [5, 5.41) is 11.6. The van der Waals surface area contributed by atoms with Gasteiger partial charge in [-0.15, -0.1) is 0 Å². The van der Waals surface area contributed by atoms with Gasteiger partial charge in [-0.1, -0.05) is 18.2 Å². The van der Waals surface area contributed by atoms with Crippen LogP contribution in [0.2, 0.25) is 0 Å². The minimum atomic E-state index is -4.49. The maximum atomic E-state index is 12.9. The van der Waals surface area contributed by atoms with E-state index in [9.17, 15) is 22.8 Å². The number of benzene rings is 1. The molecular formula is C16H18F3NO3. The van der Waals surface area contributed by atoms with Gasteiger partial charge in [0, 0.05) is 6.04 Å². The Morgan fingerprint density at radius 3 is 2.30 bits per heavy atom. The second-order valence-electron chi connectivity index (χ2n) is 5.79. The van der Waals surface area contributed by atoms with Gasteiger partial charge in [-0.3, -0.25) is 9.59 Å². The van der Waals surface area contributed by atoms with Gasteiger partial charge in [0.25, 0.3) is 0 Å². The van der Waals surface area contributed by atoms with E-state index in [0.29, 0.717) is 25.7 Å². The third kappa shape index (κ3) is 4.71. The lowest BCUT2D eigenvalue weighted by Crippen LogP contribution is -2.39. The molecule has 1 aliphatic carbocycles. The average molecular weight is 329 g/mol. The first-order valence-corrected chi connectivity index (χ1v) is 7.44. The standard InChI is InChI=1S/C16H18F3NO3/c17-16(18,19)13-4-2-1-3-11(13)9-14(21)20-12-7-5-10(6-8-12)15(22)23/h1-4,10,12H,5-9H2,(H,20,21)(H,22,23). The van der Waals surface area contributed by atoms with Crippen LogP contribution in [0.3, 0.4) is 0 Å². The Hall–Kier alpha value is -2.05. The zero-order valence-corrected chi connectivity index (χ0v) is 12.4. The average Bonchev–Trinajstić information content (AvgIpc) is 2.47.